The lowest BCUT2D eigenvalue weighted by atomic mass is 10.2. The predicted molar refractivity (Wildman–Crippen MR) is 114 cm³/mol. The first-order chi connectivity index (χ1) is 14.9. The molecule has 1 aliphatic heterocycles. The van der Waals surface area contributed by atoms with E-state index in [2.05, 4.69) is 5.10 Å². The second-order valence-corrected chi connectivity index (χ2v) is 7.63. The number of benzene rings is 2. The van der Waals surface area contributed by atoms with E-state index >= 15 is 0 Å². The Morgan fingerprint density at radius 3 is 2.35 bits per heavy atom. The molecule has 1 amide bonds. The van der Waals surface area contributed by atoms with Crippen LogP contribution in [0.4, 0.5) is 14.5 Å². The fraction of sp³-hybridized carbons (Fsp3) is 0.227. The van der Waals surface area contributed by atoms with Gasteiger partial charge in [0.25, 0.3) is 11.5 Å². The van der Waals surface area contributed by atoms with Crippen LogP contribution in [0.3, 0.4) is 0 Å². The lowest BCUT2D eigenvalue weighted by Gasteiger charge is -2.36. The summed E-state index contributed by atoms with van der Waals surface area (Å²) in [4.78, 5) is 28.8. The van der Waals surface area contributed by atoms with E-state index in [1.165, 1.54) is 35.0 Å². The molecule has 0 unspecified atom stereocenters. The topological polar surface area (TPSA) is 58.4 Å². The van der Waals surface area contributed by atoms with Crippen LogP contribution in [0.25, 0.3) is 0 Å². The summed E-state index contributed by atoms with van der Waals surface area (Å²) in [5.74, 6) is -1.11. The molecule has 160 valence electrons. The minimum absolute atomic E-state index is 0.0589. The minimum Gasteiger partial charge on any atom is -0.368 e. The summed E-state index contributed by atoms with van der Waals surface area (Å²) in [6.07, 6.45) is 0. The molecule has 0 bridgehead atoms. The number of anilines is 1. The van der Waals surface area contributed by atoms with Gasteiger partial charge in [-0.15, -0.1) is 0 Å². The predicted octanol–water partition coefficient (Wildman–Crippen LogP) is 3.19. The lowest BCUT2D eigenvalue weighted by Crippen LogP contribution is -2.49. The SMILES string of the molecule is O=C(c1ccc(=O)n(Cc2ccc(F)cc2)n1)N1CCN(c2ccc(F)c(Cl)c2)CC1. The van der Waals surface area contributed by atoms with E-state index in [1.54, 1.807) is 29.2 Å². The summed E-state index contributed by atoms with van der Waals surface area (Å²) in [7, 11) is 0. The molecular formula is C22H19ClF2N4O2. The van der Waals surface area contributed by atoms with Gasteiger partial charge in [0.15, 0.2) is 0 Å². The molecule has 2 aromatic carbocycles. The van der Waals surface area contributed by atoms with Crippen LogP contribution < -0.4 is 10.5 Å². The smallest absolute Gasteiger partial charge is 0.274 e. The van der Waals surface area contributed by atoms with Gasteiger partial charge < -0.3 is 9.80 Å². The molecular weight excluding hydrogens is 426 g/mol. The highest BCUT2D eigenvalue weighted by Gasteiger charge is 2.24. The number of halogens is 3. The van der Waals surface area contributed by atoms with Crippen LogP contribution in [-0.2, 0) is 6.54 Å². The van der Waals surface area contributed by atoms with Crippen LogP contribution in [0.5, 0.6) is 0 Å². The molecule has 0 N–H and O–H groups in total. The number of nitrogens with zero attached hydrogens (tertiary/aromatic N) is 4. The maximum Gasteiger partial charge on any atom is 0.274 e. The zero-order chi connectivity index (χ0) is 22.0. The first-order valence-corrected chi connectivity index (χ1v) is 10.1. The van der Waals surface area contributed by atoms with E-state index in [-0.39, 0.29) is 34.5 Å². The Labute approximate surface area is 182 Å². The maximum atomic E-state index is 13.4. The van der Waals surface area contributed by atoms with Crippen molar-refractivity contribution in [1.29, 1.82) is 0 Å². The van der Waals surface area contributed by atoms with E-state index in [1.807, 2.05) is 4.90 Å². The zero-order valence-electron chi connectivity index (χ0n) is 16.5. The average Bonchev–Trinajstić information content (AvgIpc) is 2.78. The van der Waals surface area contributed by atoms with Crippen molar-refractivity contribution >= 4 is 23.2 Å². The molecule has 1 fully saturated rings. The third kappa shape index (κ3) is 4.74. The highest BCUT2D eigenvalue weighted by Crippen LogP contribution is 2.23. The van der Waals surface area contributed by atoms with Crippen LogP contribution in [0.2, 0.25) is 5.02 Å². The van der Waals surface area contributed by atoms with Crippen LogP contribution in [0.15, 0.2) is 59.4 Å². The second-order valence-electron chi connectivity index (χ2n) is 7.22. The van der Waals surface area contributed by atoms with Crippen molar-refractivity contribution in [2.45, 2.75) is 6.54 Å². The number of carbonyl (C=O) groups is 1. The van der Waals surface area contributed by atoms with Crippen molar-refractivity contribution in [3.63, 3.8) is 0 Å². The Bertz CT molecular complexity index is 1160. The number of amides is 1. The van der Waals surface area contributed by atoms with Crippen molar-refractivity contribution in [1.82, 2.24) is 14.7 Å². The Morgan fingerprint density at radius 2 is 1.68 bits per heavy atom. The highest BCUT2D eigenvalue weighted by molar-refractivity contribution is 6.31. The van der Waals surface area contributed by atoms with E-state index in [4.69, 9.17) is 11.6 Å². The zero-order valence-corrected chi connectivity index (χ0v) is 17.2. The number of hydrogen-bond donors (Lipinski definition) is 0. The van der Waals surface area contributed by atoms with Crippen molar-refractivity contribution < 1.29 is 13.6 Å². The first-order valence-electron chi connectivity index (χ1n) is 9.72. The molecule has 9 heteroatoms. The van der Waals surface area contributed by atoms with Crippen molar-refractivity contribution in [2.75, 3.05) is 31.1 Å². The van der Waals surface area contributed by atoms with Gasteiger partial charge >= 0.3 is 0 Å². The second kappa shape index (κ2) is 8.85. The third-order valence-electron chi connectivity index (χ3n) is 5.17. The summed E-state index contributed by atoms with van der Waals surface area (Å²) in [6, 6.07) is 13.0. The largest absolute Gasteiger partial charge is 0.368 e. The molecule has 6 nitrogen and oxygen atoms in total. The number of piperazine rings is 1. The number of carbonyl (C=O) groups excluding carboxylic acids is 1. The summed E-state index contributed by atoms with van der Waals surface area (Å²) in [6.45, 7) is 2.16. The van der Waals surface area contributed by atoms with Gasteiger partial charge in [-0.1, -0.05) is 23.7 Å². The van der Waals surface area contributed by atoms with Gasteiger partial charge in [-0.3, -0.25) is 9.59 Å². The number of rotatable bonds is 4. The molecule has 31 heavy (non-hydrogen) atoms. The van der Waals surface area contributed by atoms with E-state index in [0.717, 1.165) is 5.69 Å². The molecule has 0 radical (unpaired) electrons. The van der Waals surface area contributed by atoms with Crippen molar-refractivity contribution in [2.24, 2.45) is 0 Å². The molecule has 3 aromatic rings. The third-order valence-corrected chi connectivity index (χ3v) is 5.46. The molecule has 2 heterocycles. The monoisotopic (exact) mass is 444 g/mol. The Hall–Kier alpha value is -3.26. The molecule has 4 rings (SSSR count). The number of aromatic nitrogens is 2. The normalized spacial score (nSPS) is 14.0. The summed E-state index contributed by atoms with van der Waals surface area (Å²) < 4.78 is 27.7. The first kappa shape index (κ1) is 21.0. The molecule has 0 aliphatic carbocycles. The van der Waals surface area contributed by atoms with Crippen molar-refractivity contribution in [3.8, 4) is 0 Å². The van der Waals surface area contributed by atoms with E-state index in [9.17, 15) is 18.4 Å². The fourth-order valence-electron chi connectivity index (χ4n) is 3.45. The lowest BCUT2D eigenvalue weighted by molar-refractivity contribution is 0.0738. The quantitative estimate of drug-likeness (QED) is 0.620. The Morgan fingerprint density at radius 1 is 0.968 bits per heavy atom. The van der Waals surface area contributed by atoms with E-state index in [0.29, 0.717) is 31.7 Å². The molecule has 0 spiro atoms. The molecule has 0 atom stereocenters. The minimum atomic E-state index is -0.471. The van der Waals surface area contributed by atoms with Crippen LogP contribution in [0, 0.1) is 11.6 Å². The van der Waals surface area contributed by atoms with Crippen molar-refractivity contribution in [3.05, 3.63) is 92.9 Å². The molecule has 0 saturated carbocycles. The van der Waals surface area contributed by atoms with Crippen LogP contribution in [0.1, 0.15) is 16.1 Å². The van der Waals surface area contributed by atoms with Gasteiger partial charge in [0.2, 0.25) is 0 Å². The van der Waals surface area contributed by atoms with Crippen LogP contribution >= 0.6 is 11.6 Å². The van der Waals surface area contributed by atoms with Crippen LogP contribution in [-0.4, -0.2) is 46.8 Å². The molecule has 1 aliphatic rings. The van der Waals surface area contributed by atoms with Gasteiger partial charge in [0, 0.05) is 37.9 Å². The Kier molecular flexibility index (Phi) is 5.99. The Balaban J connectivity index is 1.44. The van der Waals surface area contributed by atoms with Gasteiger partial charge in [-0.2, -0.15) is 5.10 Å². The fourth-order valence-corrected chi connectivity index (χ4v) is 3.63. The van der Waals surface area contributed by atoms with E-state index < -0.39 is 5.82 Å². The molecule has 1 saturated heterocycles. The summed E-state index contributed by atoms with van der Waals surface area (Å²) in [5, 5.41) is 4.27. The summed E-state index contributed by atoms with van der Waals surface area (Å²) >= 11 is 5.86. The van der Waals surface area contributed by atoms with Gasteiger partial charge in [-0.25, -0.2) is 13.5 Å². The number of hydrogen-bond acceptors (Lipinski definition) is 4. The van der Waals surface area contributed by atoms with Gasteiger partial charge in [0.05, 0.1) is 11.6 Å². The summed E-state index contributed by atoms with van der Waals surface area (Å²) in [5.41, 5.74) is 1.32. The van der Waals surface area contributed by atoms with Gasteiger partial charge in [-0.05, 0) is 42.0 Å². The maximum absolute atomic E-state index is 13.4. The highest BCUT2D eigenvalue weighted by atomic mass is 35.5. The standard InChI is InChI=1S/C22H19ClF2N4O2/c23-18-13-17(5-6-19(18)25)27-9-11-28(12-10-27)22(31)20-7-8-21(30)29(26-20)14-15-1-3-16(24)4-2-15/h1-8,13H,9-12,14H2. The molecule has 1 aromatic heterocycles. The average molecular weight is 445 g/mol. The van der Waals surface area contributed by atoms with Gasteiger partial charge in [0.1, 0.15) is 17.3 Å².